The number of aromatic hydroxyl groups is 1. The predicted octanol–water partition coefficient (Wildman–Crippen LogP) is 0.950. The summed E-state index contributed by atoms with van der Waals surface area (Å²) in [6, 6.07) is 0.300. The summed E-state index contributed by atoms with van der Waals surface area (Å²) in [6.07, 6.45) is -2.42. The average molecular weight is 621 g/mol. The number of likely N-dealkylation sites (N-methyl/N-ethyl adjacent to an activating group) is 1. The summed E-state index contributed by atoms with van der Waals surface area (Å²) in [5.74, 6) is -12.5. The van der Waals surface area contributed by atoms with E-state index in [4.69, 9.17) is 5.73 Å². The molecule has 0 saturated carbocycles. The Morgan fingerprint density at radius 3 is 2.23 bits per heavy atom. The maximum Gasteiger partial charge on any atom is 0.255 e. The summed E-state index contributed by atoms with van der Waals surface area (Å²) >= 11 is 0. The minimum atomic E-state index is -3.01. The van der Waals surface area contributed by atoms with Crippen molar-refractivity contribution in [1.29, 1.82) is 0 Å². The molecular weight excluding hydrogens is 582 g/mol. The molecule has 14 heteroatoms. The molecule has 1 aliphatic heterocycles. The van der Waals surface area contributed by atoms with Gasteiger partial charge in [0.2, 0.25) is 5.78 Å². The monoisotopic (exact) mass is 620 g/mol. The number of carbonyl (C=O) groups is 3. The van der Waals surface area contributed by atoms with Gasteiger partial charge in [-0.1, -0.05) is 6.92 Å². The normalized spacial score (nSPS) is 32.0. The van der Waals surface area contributed by atoms with Gasteiger partial charge in [-0.05, 0) is 31.6 Å². The lowest BCUT2D eigenvalue weighted by Gasteiger charge is -2.53. The molecule has 4 aliphatic rings. The molecule has 0 spiro atoms. The number of piperidine rings is 1. The third-order valence-electron chi connectivity index (χ3n) is 9.75. The highest BCUT2D eigenvalue weighted by molar-refractivity contribution is 6.25. The van der Waals surface area contributed by atoms with Gasteiger partial charge in [0.15, 0.2) is 11.4 Å². The Hall–Kier alpha value is -3.59. The van der Waals surface area contributed by atoms with Crippen molar-refractivity contribution in [3.63, 3.8) is 0 Å². The number of alkyl halides is 2. The Balaban J connectivity index is 1.71. The van der Waals surface area contributed by atoms with Crippen molar-refractivity contribution >= 4 is 23.2 Å². The minimum absolute atomic E-state index is 0.0514. The number of nitrogens with two attached hydrogens (primary N) is 1. The van der Waals surface area contributed by atoms with E-state index in [1.165, 1.54) is 19.0 Å². The molecule has 44 heavy (non-hydrogen) atoms. The molecule has 1 heterocycles. The zero-order valence-electron chi connectivity index (χ0n) is 25.1. The molecule has 5 rings (SSSR count). The Labute approximate surface area is 252 Å². The van der Waals surface area contributed by atoms with Crippen molar-refractivity contribution in [3.05, 3.63) is 45.4 Å². The third kappa shape index (κ3) is 4.41. The van der Waals surface area contributed by atoms with E-state index in [-0.39, 0.29) is 43.6 Å². The fraction of sp³-hybridized carbons (Fsp3) is 0.567. The summed E-state index contributed by atoms with van der Waals surface area (Å²) in [6.45, 7) is 1.85. The predicted molar refractivity (Wildman–Crippen MR) is 154 cm³/mol. The number of anilines is 1. The molecule has 1 aromatic carbocycles. The van der Waals surface area contributed by atoms with E-state index >= 15 is 0 Å². The first-order valence-corrected chi connectivity index (χ1v) is 14.4. The summed E-state index contributed by atoms with van der Waals surface area (Å²) in [7, 11) is 6.36. The fourth-order valence-corrected chi connectivity index (χ4v) is 7.57. The number of fused-ring (bicyclic) bond motifs is 3. The van der Waals surface area contributed by atoms with Crippen molar-refractivity contribution in [2.24, 2.45) is 17.6 Å². The number of halogens is 2. The number of phenols is 1. The number of amides is 1. The first-order valence-electron chi connectivity index (χ1n) is 14.4. The van der Waals surface area contributed by atoms with Crippen molar-refractivity contribution in [3.8, 4) is 5.75 Å². The maximum atomic E-state index is 14.3. The van der Waals surface area contributed by atoms with Gasteiger partial charge >= 0.3 is 0 Å². The lowest BCUT2D eigenvalue weighted by molar-refractivity contribution is -0.162. The molecule has 7 N–H and O–H groups in total. The number of Topliss-reactive ketones (excluding diaryl/α,β-unsaturated/α-hetero) is 2. The molecule has 240 valence electrons. The zero-order valence-corrected chi connectivity index (χ0v) is 25.1. The van der Waals surface area contributed by atoms with Crippen LogP contribution in [0.15, 0.2) is 28.7 Å². The average Bonchev–Trinajstić information content (AvgIpc) is 2.92. The summed E-state index contributed by atoms with van der Waals surface area (Å²) in [5.41, 5.74) is 1.79. The van der Waals surface area contributed by atoms with Crippen molar-refractivity contribution in [2.75, 3.05) is 46.2 Å². The number of ketones is 2. The fourth-order valence-electron chi connectivity index (χ4n) is 7.57. The van der Waals surface area contributed by atoms with Crippen LogP contribution in [0.1, 0.15) is 47.2 Å². The van der Waals surface area contributed by atoms with Crippen molar-refractivity contribution < 1.29 is 48.7 Å². The number of nitrogens with zero attached hydrogens (tertiary/aromatic N) is 3. The van der Waals surface area contributed by atoms with E-state index in [0.717, 1.165) is 0 Å². The summed E-state index contributed by atoms with van der Waals surface area (Å²) in [5, 5.41) is 57.8. The second-order valence-corrected chi connectivity index (χ2v) is 12.8. The van der Waals surface area contributed by atoms with E-state index in [0.29, 0.717) is 11.3 Å². The molecule has 3 aliphatic carbocycles. The van der Waals surface area contributed by atoms with Gasteiger partial charge in [-0.2, -0.15) is 0 Å². The van der Waals surface area contributed by atoms with E-state index in [2.05, 4.69) is 0 Å². The first kappa shape index (κ1) is 31.8. The van der Waals surface area contributed by atoms with Gasteiger partial charge in [0, 0.05) is 69.3 Å². The van der Waals surface area contributed by atoms with Crippen LogP contribution in [0.2, 0.25) is 0 Å². The molecule has 6 atom stereocenters. The van der Waals surface area contributed by atoms with Crippen LogP contribution in [0.25, 0.3) is 0 Å². The lowest BCUT2D eigenvalue weighted by atomic mass is 9.55. The second kappa shape index (κ2) is 10.5. The number of hydrogen-bond donors (Lipinski definition) is 6. The highest BCUT2D eigenvalue weighted by Gasteiger charge is 2.67. The molecule has 1 saturated heterocycles. The number of phenolic OH excluding ortho intramolecular Hbond substituents is 1. The number of likely N-dealkylation sites (tertiary alicyclic amines) is 1. The molecule has 12 nitrogen and oxygen atoms in total. The molecule has 0 unspecified atom stereocenters. The lowest BCUT2D eigenvalue weighted by Crippen LogP contribution is -2.68. The van der Waals surface area contributed by atoms with Crippen LogP contribution >= 0.6 is 0 Å². The van der Waals surface area contributed by atoms with Crippen molar-refractivity contribution in [2.45, 2.75) is 55.9 Å². The number of aliphatic hydroxyl groups is 4. The number of benzene rings is 1. The van der Waals surface area contributed by atoms with Gasteiger partial charge in [0.1, 0.15) is 22.8 Å². The van der Waals surface area contributed by atoms with E-state index < -0.39 is 87.3 Å². The highest BCUT2D eigenvalue weighted by Crippen LogP contribution is 2.57. The topological polar surface area (TPSA) is 188 Å². The SMILES string of the molecule is C[C@H]1c2c(N(C)C)cc(CN3CCC(F)(F)CC3)c(O)c2C(=O)C2=C(O)[C@]3(O)C(=O)C(C(N)=O)=C(O)[C@@H](N(C)C)[C@@H]3[C@@H](O)[C@@H]21. The number of carbonyl (C=O) groups excluding carboxylic acids is 3. The summed E-state index contributed by atoms with van der Waals surface area (Å²) in [4.78, 5) is 44.9. The smallest absolute Gasteiger partial charge is 0.255 e. The Morgan fingerprint density at radius 2 is 1.70 bits per heavy atom. The molecular formula is C30H38F2N4O8. The zero-order chi connectivity index (χ0) is 32.8. The van der Waals surface area contributed by atoms with E-state index in [9.17, 15) is 48.7 Å². The van der Waals surface area contributed by atoms with Gasteiger partial charge < -0.3 is 36.2 Å². The molecule has 0 bridgehead atoms. The molecule has 1 amide bonds. The van der Waals surface area contributed by atoms with Gasteiger partial charge in [-0.3, -0.25) is 24.2 Å². The first-order chi connectivity index (χ1) is 20.4. The van der Waals surface area contributed by atoms with Gasteiger partial charge in [0.25, 0.3) is 11.8 Å². The van der Waals surface area contributed by atoms with Gasteiger partial charge in [0.05, 0.1) is 23.6 Å². The standard InChI is InChI=1S/C30H38F2N4O8/c1-12-15-14(34(2)3)10-13(11-36-8-6-29(31,32)7-9-36)22(37)17(15)23(38)18-16(12)24(39)20-21(35(4)5)25(40)19(28(33)43)27(42)30(20,44)26(18)41/h10,12,16,20-21,24,37,39-41,44H,6-9,11H2,1-5H3,(H2,33,43)/t12-,16+,20+,21-,24-,30-/m0/s1. The maximum absolute atomic E-state index is 14.3. The largest absolute Gasteiger partial charge is 0.510 e. The van der Waals surface area contributed by atoms with Crippen LogP contribution in [0, 0.1) is 11.8 Å². The van der Waals surface area contributed by atoms with Crippen LogP contribution in [-0.4, -0.2) is 118 Å². The minimum Gasteiger partial charge on any atom is -0.510 e. The van der Waals surface area contributed by atoms with Crippen LogP contribution in [0.4, 0.5) is 14.5 Å². The number of aliphatic hydroxyl groups excluding tert-OH is 3. The van der Waals surface area contributed by atoms with Crippen LogP contribution < -0.4 is 10.6 Å². The highest BCUT2D eigenvalue weighted by atomic mass is 19.3. The third-order valence-corrected chi connectivity index (χ3v) is 9.75. The second-order valence-electron chi connectivity index (χ2n) is 12.8. The molecule has 1 aromatic rings. The Morgan fingerprint density at radius 1 is 1.11 bits per heavy atom. The van der Waals surface area contributed by atoms with Crippen LogP contribution in [-0.2, 0) is 16.1 Å². The number of primary amides is 1. The molecule has 1 fully saturated rings. The Kier molecular flexibility index (Phi) is 7.59. The van der Waals surface area contributed by atoms with Crippen LogP contribution in [0.5, 0.6) is 5.75 Å². The Bertz CT molecular complexity index is 1510. The summed E-state index contributed by atoms with van der Waals surface area (Å²) < 4.78 is 27.6. The number of hydrogen-bond acceptors (Lipinski definition) is 11. The van der Waals surface area contributed by atoms with Gasteiger partial charge in [-0.25, -0.2) is 8.78 Å². The number of rotatable bonds is 5. The van der Waals surface area contributed by atoms with E-state index in [1.807, 2.05) is 0 Å². The van der Waals surface area contributed by atoms with Crippen LogP contribution in [0.3, 0.4) is 0 Å². The van der Waals surface area contributed by atoms with Gasteiger partial charge in [-0.15, -0.1) is 0 Å². The van der Waals surface area contributed by atoms with Crippen molar-refractivity contribution in [1.82, 2.24) is 9.80 Å². The molecule has 0 aromatic heterocycles. The van der Waals surface area contributed by atoms with E-state index in [1.54, 1.807) is 36.9 Å². The molecule has 0 radical (unpaired) electrons. The quantitative estimate of drug-likeness (QED) is 0.257.